The molecular formula is C11H16BrN. The van der Waals surface area contributed by atoms with E-state index in [-0.39, 0.29) is 0 Å². The van der Waals surface area contributed by atoms with E-state index in [2.05, 4.69) is 54.2 Å². The highest BCUT2D eigenvalue weighted by molar-refractivity contribution is 9.10. The van der Waals surface area contributed by atoms with E-state index in [4.69, 9.17) is 0 Å². The molecular weight excluding hydrogens is 226 g/mol. The van der Waals surface area contributed by atoms with E-state index >= 15 is 0 Å². The van der Waals surface area contributed by atoms with Gasteiger partial charge in [0, 0.05) is 10.5 Å². The largest absolute Gasteiger partial charge is 0.313 e. The molecule has 0 fully saturated rings. The van der Waals surface area contributed by atoms with Crippen molar-refractivity contribution in [3.8, 4) is 0 Å². The average Bonchev–Trinajstić information content (AvgIpc) is 2.12. The molecule has 2 heteroatoms. The lowest BCUT2D eigenvalue weighted by atomic mass is 10.0. The number of benzene rings is 1. The summed E-state index contributed by atoms with van der Waals surface area (Å²) in [7, 11) is 1.98. The fourth-order valence-corrected chi connectivity index (χ4v) is 1.62. The molecule has 0 heterocycles. The fourth-order valence-electron chi connectivity index (χ4n) is 1.40. The number of aryl methyl sites for hydroxylation is 2. The van der Waals surface area contributed by atoms with Crippen molar-refractivity contribution < 1.29 is 0 Å². The summed E-state index contributed by atoms with van der Waals surface area (Å²) in [4.78, 5) is 0. The molecule has 0 aromatic heterocycles. The van der Waals surface area contributed by atoms with Crippen LogP contribution in [0, 0.1) is 13.8 Å². The topological polar surface area (TPSA) is 12.0 Å². The van der Waals surface area contributed by atoms with Gasteiger partial charge in [-0.25, -0.2) is 0 Å². The lowest BCUT2D eigenvalue weighted by molar-refractivity contribution is 0.651. The lowest BCUT2D eigenvalue weighted by Crippen LogP contribution is -2.12. The van der Waals surface area contributed by atoms with Crippen LogP contribution in [-0.4, -0.2) is 7.05 Å². The first-order valence-electron chi connectivity index (χ1n) is 4.50. The number of hydrogen-bond acceptors (Lipinski definition) is 1. The van der Waals surface area contributed by atoms with Gasteiger partial charge in [-0.15, -0.1) is 0 Å². The Hall–Kier alpha value is -0.340. The third-order valence-corrected chi connectivity index (χ3v) is 3.64. The lowest BCUT2D eigenvalue weighted by Gasteiger charge is -2.13. The van der Waals surface area contributed by atoms with Crippen molar-refractivity contribution in [3.63, 3.8) is 0 Å². The predicted octanol–water partition coefficient (Wildman–Crippen LogP) is 3.35. The van der Waals surface area contributed by atoms with Crippen molar-refractivity contribution in [1.29, 1.82) is 0 Å². The van der Waals surface area contributed by atoms with Gasteiger partial charge in [-0.2, -0.15) is 0 Å². The molecule has 0 saturated carbocycles. The SMILES string of the molecule is CNC(C)c1cc(C)c(Br)c(C)c1. The van der Waals surface area contributed by atoms with E-state index in [9.17, 15) is 0 Å². The minimum absolute atomic E-state index is 0.422. The molecule has 0 amide bonds. The summed E-state index contributed by atoms with van der Waals surface area (Å²) in [6.45, 7) is 6.42. The Bertz CT molecular complexity index is 284. The van der Waals surface area contributed by atoms with Gasteiger partial charge in [0.15, 0.2) is 0 Å². The normalized spacial score (nSPS) is 13.0. The third kappa shape index (κ3) is 2.32. The molecule has 1 aromatic carbocycles. The van der Waals surface area contributed by atoms with Gasteiger partial charge in [-0.1, -0.05) is 28.1 Å². The van der Waals surface area contributed by atoms with Crippen molar-refractivity contribution in [2.75, 3.05) is 7.05 Å². The molecule has 1 aromatic rings. The van der Waals surface area contributed by atoms with Crippen LogP contribution >= 0.6 is 15.9 Å². The monoisotopic (exact) mass is 241 g/mol. The van der Waals surface area contributed by atoms with Crippen LogP contribution in [-0.2, 0) is 0 Å². The number of hydrogen-bond donors (Lipinski definition) is 1. The van der Waals surface area contributed by atoms with Crippen LogP contribution in [0.25, 0.3) is 0 Å². The van der Waals surface area contributed by atoms with E-state index in [1.54, 1.807) is 0 Å². The first-order chi connectivity index (χ1) is 6.06. The third-order valence-electron chi connectivity index (χ3n) is 2.39. The van der Waals surface area contributed by atoms with Gasteiger partial charge in [0.2, 0.25) is 0 Å². The van der Waals surface area contributed by atoms with Gasteiger partial charge < -0.3 is 5.32 Å². The van der Waals surface area contributed by atoms with Crippen molar-refractivity contribution in [3.05, 3.63) is 33.3 Å². The van der Waals surface area contributed by atoms with Crippen LogP contribution in [0.2, 0.25) is 0 Å². The van der Waals surface area contributed by atoms with Gasteiger partial charge in [-0.3, -0.25) is 0 Å². The van der Waals surface area contributed by atoms with E-state index in [1.165, 1.54) is 21.2 Å². The Balaban J connectivity index is 3.13. The van der Waals surface area contributed by atoms with Crippen molar-refractivity contribution in [2.24, 2.45) is 0 Å². The zero-order valence-corrected chi connectivity index (χ0v) is 10.2. The maximum atomic E-state index is 3.56. The van der Waals surface area contributed by atoms with Crippen LogP contribution in [0.5, 0.6) is 0 Å². The summed E-state index contributed by atoms with van der Waals surface area (Å²) in [5.74, 6) is 0. The van der Waals surface area contributed by atoms with E-state index < -0.39 is 0 Å². The highest BCUT2D eigenvalue weighted by Gasteiger charge is 2.06. The Morgan fingerprint density at radius 1 is 1.23 bits per heavy atom. The van der Waals surface area contributed by atoms with Gasteiger partial charge in [0.1, 0.15) is 0 Å². The smallest absolute Gasteiger partial charge is 0.0289 e. The van der Waals surface area contributed by atoms with Crippen LogP contribution in [0.1, 0.15) is 29.7 Å². The molecule has 0 bridgehead atoms. The van der Waals surface area contributed by atoms with E-state index in [1.807, 2.05) is 7.05 Å². The number of rotatable bonds is 2. The zero-order valence-electron chi connectivity index (χ0n) is 8.61. The second kappa shape index (κ2) is 4.25. The first kappa shape index (κ1) is 10.7. The molecule has 0 radical (unpaired) electrons. The van der Waals surface area contributed by atoms with Gasteiger partial charge in [0.25, 0.3) is 0 Å². The van der Waals surface area contributed by atoms with Crippen LogP contribution in [0.15, 0.2) is 16.6 Å². The summed E-state index contributed by atoms with van der Waals surface area (Å²) in [6.07, 6.45) is 0. The number of nitrogens with one attached hydrogen (secondary N) is 1. The predicted molar refractivity (Wildman–Crippen MR) is 61.1 cm³/mol. The van der Waals surface area contributed by atoms with Crippen molar-refractivity contribution in [1.82, 2.24) is 5.32 Å². The molecule has 0 spiro atoms. The van der Waals surface area contributed by atoms with Gasteiger partial charge >= 0.3 is 0 Å². The van der Waals surface area contributed by atoms with Crippen molar-refractivity contribution in [2.45, 2.75) is 26.8 Å². The summed E-state index contributed by atoms with van der Waals surface area (Å²) in [6, 6.07) is 4.86. The van der Waals surface area contributed by atoms with Crippen LogP contribution in [0.3, 0.4) is 0 Å². The second-order valence-corrected chi connectivity index (χ2v) is 4.27. The maximum absolute atomic E-state index is 3.56. The van der Waals surface area contributed by atoms with Crippen molar-refractivity contribution >= 4 is 15.9 Å². The minimum atomic E-state index is 0.422. The van der Waals surface area contributed by atoms with E-state index in [0.717, 1.165) is 0 Å². The Labute approximate surface area is 88.7 Å². The number of halogens is 1. The molecule has 1 unspecified atom stereocenters. The molecule has 0 aliphatic carbocycles. The molecule has 1 rings (SSSR count). The molecule has 0 aliphatic heterocycles. The minimum Gasteiger partial charge on any atom is -0.313 e. The highest BCUT2D eigenvalue weighted by atomic mass is 79.9. The molecule has 13 heavy (non-hydrogen) atoms. The molecule has 0 saturated heterocycles. The summed E-state index contributed by atoms with van der Waals surface area (Å²) in [5.41, 5.74) is 3.95. The fraction of sp³-hybridized carbons (Fsp3) is 0.455. The summed E-state index contributed by atoms with van der Waals surface area (Å²) in [5, 5.41) is 3.24. The molecule has 1 nitrogen and oxygen atoms in total. The zero-order chi connectivity index (χ0) is 10.0. The Morgan fingerprint density at radius 3 is 2.08 bits per heavy atom. The highest BCUT2D eigenvalue weighted by Crippen LogP contribution is 2.25. The standard InChI is InChI=1S/C11H16BrN/c1-7-5-10(9(3)13-4)6-8(2)11(7)12/h5-6,9,13H,1-4H3. The van der Waals surface area contributed by atoms with E-state index in [0.29, 0.717) is 6.04 Å². The second-order valence-electron chi connectivity index (χ2n) is 3.48. The van der Waals surface area contributed by atoms with Crippen LogP contribution < -0.4 is 5.32 Å². The molecule has 72 valence electrons. The average molecular weight is 242 g/mol. The molecule has 0 aliphatic rings. The Morgan fingerprint density at radius 2 is 1.69 bits per heavy atom. The maximum Gasteiger partial charge on any atom is 0.0289 e. The van der Waals surface area contributed by atoms with Gasteiger partial charge in [0.05, 0.1) is 0 Å². The molecule has 1 N–H and O–H groups in total. The first-order valence-corrected chi connectivity index (χ1v) is 5.29. The van der Waals surface area contributed by atoms with Crippen LogP contribution in [0.4, 0.5) is 0 Å². The summed E-state index contributed by atoms with van der Waals surface area (Å²) >= 11 is 3.56. The summed E-state index contributed by atoms with van der Waals surface area (Å²) < 4.78 is 1.22. The van der Waals surface area contributed by atoms with Gasteiger partial charge in [-0.05, 0) is 44.5 Å². The Kier molecular flexibility index (Phi) is 3.51. The molecule has 1 atom stereocenters. The quantitative estimate of drug-likeness (QED) is 0.838.